The molecule has 2 nitrogen and oxygen atoms in total. The van der Waals surface area contributed by atoms with E-state index in [-0.39, 0.29) is 0 Å². The number of para-hydroxylation sites is 2. The lowest BCUT2D eigenvalue weighted by molar-refractivity contribution is 1.28. The van der Waals surface area contributed by atoms with E-state index in [1.54, 1.807) is 11.3 Å². The summed E-state index contributed by atoms with van der Waals surface area (Å²) in [6.07, 6.45) is 2.16. The highest BCUT2D eigenvalue weighted by molar-refractivity contribution is 9.10. The molecular weight excluding hydrogens is 320 g/mol. The van der Waals surface area contributed by atoms with Crippen LogP contribution in [0.5, 0.6) is 0 Å². The molecule has 0 aliphatic heterocycles. The van der Waals surface area contributed by atoms with Crippen LogP contribution in [0.25, 0.3) is 26.4 Å². The van der Waals surface area contributed by atoms with E-state index in [1.807, 2.05) is 24.3 Å². The number of rotatable bonds is 1. The van der Waals surface area contributed by atoms with Gasteiger partial charge in [0.05, 0.1) is 15.9 Å². The Balaban J connectivity index is 1.97. The molecule has 2 aromatic heterocycles. The van der Waals surface area contributed by atoms with Gasteiger partial charge < -0.3 is 0 Å². The normalized spacial score (nSPS) is 11.4. The third-order valence-electron chi connectivity index (χ3n) is 3.12. The van der Waals surface area contributed by atoms with Crippen molar-refractivity contribution in [1.82, 2.24) is 9.38 Å². The maximum absolute atomic E-state index is 4.65. The second-order valence-corrected chi connectivity index (χ2v) is 6.28. The molecule has 4 aromatic rings. The maximum atomic E-state index is 4.65. The third kappa shape index (κ3) is 1.79. The zero-order chi connectivity index (χ0) is 12.8. The van der Waals surface area contributed by atoms with Gasteiger partial charge in [0.15, 0.2) is 4.96 Å². The minimum atomic E-state index is 1.04. The van der Waals surface area contributed by atoms with Crippen molar-refractivity contribution in [2.24, 2.45) is 0 Å². The number of benzene rings is 2. The lowest BCUT2D eigenvalue weighted by Gasteiger charge is -1.96. The predicted octanol–water partition coefficient (Wildman–Crippen LogP) is 4.98. The SMILES string of the molecule is Brc1cccc(-c2cn3c(nc4ccccc43)s2)c1. The Morgan fingerprint density at radius 3 is 2.84 bits per heavy atom. The van der Waals surface area contributed by atoms with Crippen LogP contribution < -0.4 is 0 Å². The van der Waals surface area contributed by atoms with E-state index in [1.165, 1.54) is 10.4 Å². The van der Waals surface area contributed by atoms with Gasteiger partial charge in [-0.2, -0.15) is 0 Å². The molecule has 0 bridgehead atoms. The Hall–Kier alpha value is -1.65. The highest BCUT2D eigenvalue weighted by Crippen LogP contribution is 2.32. The van der Waals surface area contributed by atoms with Gasteiger partial charge in [-0.3, -0.25) is 4.40 Å². The van der Waals surface area contributed by atoms with Crippen LogP contribution in [0.1, 0.15) is 0 Å². The number of nitrogens with zero attached hydrogens (tertiary/aromatic N) is 2. The van der Waals surface area contributed by atoms with Crippen LogP contribution in [0.2, 0.25) is 0 Å². The number of halogens is 1. The number of thiazole rings is 1. The summed E-state index contributed by atoms with van der Waals surface area (Å²) in [7, 11) is 0. The summed E-state index contributed by atoms with van der Waals surface area (Å²) < 4.78 is 3.26. The molecule has 0 N–H and O–H groups in total. The van der Waals surface area contributed by atoms with Gasteiger partial charge in [-0.15, -0.1) is 0 Å². The molecule has 4 heteroatoms. The third-order valence-corrected chi connectivity index (χ3v) is 4.65. The maximum Gasteiger partial charge on any atom is 0.195 e. The summed E-state index contributed by atoms with van der Waals surface area (Å²) in [5.74, 6) is 0. The standard InChI is InChI=1S/C15H9BrN2S/c16-11-5-3-4-10(8-11)14-9-18-13-7-2-1-6-12(13)17-15(18)19-14/h1-9H. The minimum absolute atomic E-state index is 1.04. The Morgan fingerprint density at radius 1 is 1.05 bits per heavy atom. The molecule has 0 spiro atoms. The van der Waals surface area contributed by atoms with E-state index in [0.717, 1.165) is 20.5 Å². The molecule has 0 saturated carbocycles. The van der Waals surface area contributed by atoms with Crippen molar-refractivity contribution in [2.45, 2.75) is 0 Å². The number of fused-ring (bicyclic) bond motifs is 3. The molecule has 2 aromatic carbocycles. The van der Waals surface area contributed by atoms with Crippen LogP contribution in [0.15, 0.2) is 59.2 Å². The Morgan fingerprint density at radius 2 is 1.95 bits per heavy atom. The highest BCUT2D eigenvalue weighted by atomic mass is 79.9. The van der Waals surface area contributed by atoms with E-state index in [0.29, 0.717) is 0 Å². The highest BCUT2D eigenvalue weighted by Gasteiger charge is 2.09. The summed E-state index contributed by atoms with van der Waals surface area (Å²) in [6, 6.07) is 16.6. The molecule has 2 heterocycles. The van der Waals surface area contributed by atoms with Crippen LogP contribution in [0.4, 0.5) is 0 Å². The topological polar surface area (TPSA) is 17.3 Å². The van der Waals surface area contributed by atoms with E-state index in [9.17, 15) is 0 Å². The second kappa shape index (κ2) is 4.18. The number of imidazole rings is 1. The largest absolute Gasteiger partial charge is 0.290 e. The Bertz CT molecular complexity index is 891. The van der Waals surface area contributed by atoms with Crippen LogP contribution in [0.3, 0.4) is 0 Å². The zero-order valence-electron chi connectivity index (χ0n) is 9.88. The van der Waals surface area contributed by atoms with Crippen molar-refractivity contribution >= 4 is 43.3 Å². The van der Waals surface area contributed by atoms with E-state index in [2.05, 4.69) is 55.8 Å². The Kier molecular flexibility index (Phi) is 2.47. The van der Waals surface area contributed by atoms with Crippen molar-refractivity contribution in [3.8, 4) is 10.4 Å². The van der Waals surface area contributed by atoms with Crippen LogP contribution in [-0.2, 0) is 0 Å². The van der Waals surface area contributed by atoms with E-state index < -0.39 is 0 Å². The number of hydrogen-bond donors (Lipinski definition) is 0. The average Bonchev–Trinajstić information content (AvgIpc) is 2.96. The summed E-state index contributed by atoms with van der Waals surface area (Å²) >= 11 is 5.23. The van der Waals surface area contributed by atoms with Gasteiger partial charge in [0.2, 0.25) is 0 Å². The summed E-state index contributed by atoms with van der Waals surface area (Å²) in [4.78, 5) is 6.92. The minimum Gasteiger partial charge on any atom is -0.290 e. The van der Waals surface area contributed by atoms with Crippen LogP contribution in [0, 0.1) is 0 Å². The second-order valence-electron chi connectivity index (χ2n) is 4.36. The van der Waals surface area contributed by atoms with Crippen molar-refractivity contribution < 1.29 is 0 Å². The van der Waals surface area contributed by atoms with Crippen LogP contribution >= 0.6 is 27.3 Å². The smallest absolute Gasteiger partial charge is 0.195 e. The molecule has 0 fully saturated rings. The molecule has 0 atom stereocenters. The first-order valence-electron chi connectivity index (χ1n) is 5.94. The molecule has 0 unspecified atom stereocenters. The quantitative estimate of drug-likeness (QED) is 0.481. The zero-order valence-corrected chi connectivity index (χ0v) is 12.3. The average molecular weight is 329 g/mol. The van der Waals surface area contributed by atoms with Crippen molar-refractivity contribution in [1.29, 1.82) is 0 Å². The van der Waals surface area contributed by atoms with Crippen molar-refractivity contribution in [3.63, 3.8) is 0 Å². The van der Waals surface area contributed by atoms with Gasteiger partial charge in [-0.25, -0.2) is 4.98 Å². The van der Waals surface area contributed by atoms with Crippen molar-refractivity contribution in [3.05, 3.63) is 59.2 Å². The predicted molar refractivity (Wildman–Crippen MR) is 83.7 cm³/mol. The van der Waals surface area contributed by atoms with Crippen molar-refractivity contribution in [2.75, 3.05) is 0 Å². The summed E-state index contributed by atoms with van der Waals surface area (Å²) in [6.45, 7) is 0. The first-order valence-corrected chi connectivity index (χ1v) is 7.55. The molecule has 4 rings (SSSR count). The van der Waals surface area contributed by atoms with Gasteiger partial charge in [-0.05, 0) is 29.8 Å². The van der Waals surface area contributed by atoms with Gasteiger partial charge in [0.1, 0.15) is 0 Å². The number of hydrogen-bond acceptors (Lipinski definition) is 2. The first kappa shape index (κ1) is 11.2. The fraction of sp³-hybridized carbons (Fsp3) is 0. The fourth-order valence-corrected chi connectivity index (χ4v) is 3.63. The Labute approximate surface area is 122 Å². The van der Waals surface area contributed by atoms with Gasteiger partial charge in [0.25, 0.3) is 0 Å². The van der Waals surface area contributed by atoms with E-state index >= 15 is 0 Å². The molecule has 92 valence electrons. The molecular formula is C15H9BrN2S. The summed E-state index contributed by atoms with van der Waals surface area (Å²) in [5, 5.41) is 0. The summed E-state index contributed by atoms with van der Waals surface area (Å²) in [5.41, 5.74) is 3.43. The molecule has 0 saturated heterocycles. The fourth-order valence-electron chi connectivity index (χ4n) is 2.24. The van der Waals surface area contributed by atoms with Gasteiger partial charge in [0, 0.05) is 10.7 Å². The molecule has 0 amide bonds. The number of aromatic nitrogens is 2. The first-order chi connectivity index (χ1) is 9.31. The van der Waals surface area contributed by atoms with Gasteiger partial charge >= 0.3 is 0 Å². The lowest BCUT2D eigenvalue weighted by Crippen LogP contribution is -1.76. The molecule has 0 aliphatic rings. The molecule has 19 heavy (non-hydrogen) atoms. The van der Waals surface area contributed by atoms with Gasteiger partial charge in [-0.1, -0.05) is 51.5 Å². The van der Waals surface area contributed by atoms with E-state index in [4.69, 9.17) is 0 Å². The molecule has 0 aliphatic carbocycles. The monoisotopic (exact) mass is 328 g/mol. The molecule has 0 radical (unpaired) electrons. The lowest BCUT2D eigenvalue weighted by atomic mass is 10.2. The van der Waals surface area contributed by atoms with Crippen LogP contribution in [-0.4, -0.2) is 9.38 Å².